The van der Waals surface area contributed by atoms with Gasteiger partial charge in [-0.05, 0) is 43.5 Å². The number of hydrogen-bond donors (Lipinski definition) is 1. The molecule has 0 bridgehead atoms. The van der Waals surface area contributed by atoms with Crippen molar-refractivity contribution in [3.05, 3.63) is 51.4 Å². The lowest BCUT2D eigenvalue weighted by molar-refractivity contribution is -0.117. The molecule has 0 radical (unpaired) electrons. The molecule has 2 heterocycles. The van der Waals surface area contributed by atoms with Crippen molar-refractivity contribution in [1.82, 2.24) is 14.1 Å². The van der Waals surface area contributed by atoms with Crippen LogP contribution in [0.3, 0.4) is 0 Å². The van der Waals surface area contributed by atoms with E-state index in [1.54, 1.807) is 19.1 Å². The van der Waals surface area contributed by atoms with Gasteiger partial charge < -0.3 is 5.32 Å². The van der Waals surface area contributed by atoms with Crippen molar-refractivity contribution in [3.63, 3.8) is 0 Å². The van der Waals surface area contributed by atoms with Crippen molar-refractivity contribution in [3.8, 4) is 0 Å². The molecule has 1 fully saturated rings. The predicted octanol–water partition coefficient (Wildman–Crippen LogP) is 2.41. The Morgan fingerprint density at radius 1 is 1.17 bits per heavy atom. The Morgan fingerprint density at radius 3 is 2.55 bits per heavy atom. The van der Waals surface area contributed by atoms with Gasteiger partial charge in [0.1, 0.15) is 11.6 Å². The molecule has 1 aromatic carbocycles. The second-order valence-electron chi connectivity index (χ2n) is 6.99. The molecule has 3 rings (SSSR count). The number of carbonyl (C=O) groups is 1. The van der Waals surface area contributed by atoms with Gasteiger partial charge in [-0.25, -0.2) is 13.1 Å². The van der Waals surface area contributed by atoms with E-state index in [1.165, 1.54) is 22.6 Å². The van der Waals surface area contributed by atoms with Gasteiger partial charge in [0.15, 0.2) is 0 Å². The van der Waals surface area contributed by atoms with E-state index in [1.807, 2.05) is 0 Å². The molecule has 1 aliphatic heterocycles. The number of halogens is 1. The molecule has 1 saturated heterocycles. The van der Waals surface area contributed by atoms with Gasteiger partial charge in [-0.1, -0.05) is 30.5 Å². The number of amides is 1. The fraction of sp³-hybridized carbons (Fsp3) is 0.421. The molecule has 1 aromatic heterocycles. The normalized spacial score (nSPS) is 15.7. The maximum absolute atomic E-state index is 13.1. The van der Waals surface area contributed by atoms with E-state index >= 15 is 0 Å². The maximum Gasteiger partial charge on any atom is 0.285 e. The van der Waals surface area contributed by atoms with Crippen LogP contribution in [-0.4, -0.2) is 41.5 Å². The van der Waals surface area contributed by atoms with E-state index < -0.39 is 21.5 Å². The van der Waals surface area contributed by atoms with Gasteiger partial charge >= 0.3 is 0 Å². The average molecular weight is 439 g/mol. The van der Waals surface area contributed by atoms with Gasteiger partial charge in [0.05, 0.1) is 4.90 Å². The predicted molar refractivity (Wildman–Crippen MR) is 111 cm³/mol. The van der Waals surface area contributed by atoms with Crippen LogP contribution >= 0.6 is 11.6 Å². The zero-order chi connectivity index (χ0) is 21.0. The summed E-state index contributed by atoms with van der Waals surface area (Å²) >= 11 is 5.75. The number of aryl methyl sites for hydroxylation is 1. The first-order chi connectivity index (χ1) is 13.8. The van der Waals surface area contributed by atoms with E-state index in [4.69, 9.17) is 11.6 Å². The van der Waals surface area contributed by atoms with E-state index in [2.05, 4.69) is 10.4 Å². The summed E-state index contributed by atoms with van der Waals surface area (Å²) < 4.78 is 28.7. The van der Waals surface area contributed by atoms with E-state index in [0.29, 0.717) is 24.3 Å². The fourth-order valence-electron chi connectivity index (χ4n) is 3.25. The van der Waals surface area contributed by atoms with Crippen LogP contribution in [0.15, 0.2) is 40.2 Å². The third-order valence-electron chi connectivity index (χ3n) is 4.81. The van der Waals surface area contributed by atoms with Crippen LogP contribution in [0.25, 0.3) is 0 Å². The molecule has 29 heavy (non-hydrogen) atoms. The summed E-state index contributed by atoms with van der Waals surface area (Å²) in [4.78, 5) is 24.4. The molecular weight excluding hydrogens is 416 g/mol. The number of nitrogens with one attached hydrogen (secondary N) is 1. The van der Waals surface area contributed by atoms with Crippen LogP contribution in [0.4, 0.5) is 5.69 Å². The van der Waals surface area contributed by atoms with Gasteiger partial charge in [-0.15, -0.1) is 0 Å². The molecule has 1 aliphatic rings. The fourth-order valence-corrected chi connectivity index (χ4v) is 5.17. The molecule has 1 amide bonds. The summed E-state index contributed by atoms with van der Waals surface area (Å²) in [5.41, 5.74) is 0.377. The summed E-state index contributed by atoms with van der Waals surface area (Å²) in [5.74, 6) is -0.510. The highest BCUT2D eigenvalue weighted by atomic mass is 35.5. The highest BCUT2D eigenvalue weighted by molar-refractivity contribution is 7.89. The highest BCUT2D eigenvalue weighted by Crippen LogP contribution is 2.25. The standard InChI is InChI=1S/C19H23ClN4O4S/c1-14-6-7-15(22-18(25)13-24-19(26)16(20)8-9-21-24)12-17(14)29(27,28)23-10-4-2-3-5-11-23/h6-9,12H,2-5,10-11,13H2,1H3,(H,22,25). The largest absolute Gasteiger partial charge is 0.324 e. The molecule has 0 atom stereocenters. The molecule has 10 heteroatoms. The summed E-state index contributed by atoms with van der Waals surface area (Å²) in [6, 6.07) is 6.09. The van der Waals surface area contributed by atoms with Crippen molar-refractivity contribution in [1.29, 1.82) is 0 Å². The van der Waals surface area contributed by atoms with Gasteiger partial charge in [0.25, 0.3) is 5.56 Å². The highest BCUT2D eigenvalue weighted by Gasteiger charge is 2.27. The van der Waals surface area contributed by atoms with Crippen molar-refractivity contribution >= 4 is 33.2 Å². The maximum atomic E-state index is 13.1. The van der Waals surface area contributed by atoms with Crippen molar-refractivity contribution in [2.24, 2.45) is 0 Å². The third-order valence-corrected chi connectivity index (χ3v) is 7.14. The molecule has 0 spiro atoms. The minimum Gasteiger partial charge on any atom is -0.324 e. The lowest BCUT2D eigenvalue weighted by Crippen LogP contribution is -2.32. The number of nitrogens with zero attached hydrogens (tertiary/aromatic N) is 3. The van der Waals surface area contributed by atoms with Crippen LogP contribution in [-0.2, 0) is 21.4 Å². The lowest BCUT2D eigenvalue weighted by atomic mass is 10.2. The lowest BCUT2D eigenvalue weighted by Gasteiger charge is -2.21. The number of benzene rings is 1. The number of anilines is 1. The van der Waals surface area contributed by atoms with Gasteiger partial charge in [-0.3, -0.25) is 9.59 Å². The average Bonchev–Trinajstić information content (AvgIpc) is 2.97. The Hall–Kier alpha value is -2.23. The van der Waals surface area contributed by atoms with Crippen LogP contribution in [0, 0.1) is 6.92 Å². The monoisotopic (exact) mass is 438 g/mol. The molecule has 0 saturated carbocycles. The molecular formula is C19H23ClN4O4S. The smallest absolute Gasteiger partial charge is 0.285 e. The van der Waals surface area contributed by atoms with Crippen LogP contribution < -0.4 is 10.9 Å². The number of sulfonamides is 1. The van der Waals surface area contributed by atoms with Crippen molar-refractivity contribution in [2.45, 2.75) is 44.0 Å². The Bertz CT molecular complexity index is 1060. The van der Waals surface area contributed by atoms with Gasteiger partial charge in [-0.2, -0.15) is 9.40 Å². The number of rotatable bonds is 5. The molecule has 156 valence electrons. The first kappa shape index (κ1) is 21.5. The topological polar surface area (TPSA) is 101 Å². The quantitative estimate of drug-likeness (QED) is 0.772. The second-order valence-corrected chi connectivity index (χ2v) is 9.30. The van der Waals surface area contributed by atoms with Crippen LogP contribution in [0.1, 0.15) is 31.2 Å². The number of carbonyl (C=O) groups excluding carboxylic acids is 1. The molecule has 2 aromatic rings. The number of hydrogen-bond acceptors (Lipinski definition) is 5. The minimum atomic E-state index is -3.65. The Morgan fingerprint density at radius 2 is 1.86 bits per heavy atom. The van der Waals surface area contributed by atoms with Gasteiger partial charge in [0, 0.05) is 25.0 Å². The second kappa shape index (κ2) is 9.06. The Labute approximate surface area is 174 Å². The first-order valence-corrected chi connectivity index (χ1v) is 11.2. The van der Waals surface area contributed by atoms with Crippen molar-refractivity contribution in [2.75, 3.05) is 18.4 Å². The summed E-state index contributed by atoms with van der Waals surface area (Å²) in [6.45, 7) is 2.40. The molecule has 8 nitrogen and oxygen atoms in total. The summed E-state index contributed by atoms with van der Waals surface area (Å²) in [5, 5.41) is 6.41. The first-order valence-electron chi connectivity index (χ1n) is 9.41. The Kier molecular flexibility index (Phi) is 6.71. The van der Waals surface area contributed by atoms with E-state index in [9.17, 15) is 18.0 Å². The van der Waals surface area contributed by atoms with E-state index in [0.717, 1.165) is 30.4 Å². The molecule has 0 aliphatic carbocycles. The van der Waals surface area contributed by atoms with Crippen molar-refractivity contribution < 1.29 is 13.2 Å². The molecule has 1 N–H and O–H groups in total. The Balaban J connectivity index is 1.80. The van der Waals surface area contributed by atoms with E-state index in [-0.39, 0.29) is 16.5 Å². The molecule has 0 unspecified atom stereocenters. The van der Waals surface area contributed by atoms with Crippen LogP contribution in [0.2, 0.25) is 5.02 Å². The summed E-state index contributed by atoms with van der Waals surface area (Å²) in [7, 11) is -3.65. The van der Waals surface area contributed by atoms with Crippen LogP contribution in [0.5, 0.6) is 0 Å². The number of aromatic nitrogens is 2. The zero-order valence-electron chi connectivity index (χ0n) is 16.1. The van der Waals surface area contributed by atoms with Gasteiger partial charge in [0.2, 0.25) is 15.9 Å². The SMILES string of the molecule is Cc1ccc(NC(=O)Cn2nccc(Cl)c2=O)cc1S(=O)(=O)N1CCCCCC1. The summed E-state index contributed by atoms with van der Waals surface area (Å²) in [6.07, 6.45) is 5.07. The minimum absolute atomic E-state index is 0.0334. The zero-order valence-corrected chi connectivity index (χ0v) is 17.7. The third kappa shape index (κ3) is 5.04.